The van der Waals surface area contributed by atoms with Gasteiger partial charge in [-0.25, -0.2) is 9.50 Å². The van der Waals surface area contributed by atoms with Gasteiger partial charge < -0.3 is 24.4 Å². The number of benzene rings is 1. The van der Waals surface area contributed by atoms with Crippen molar-refractivity contribution in [3.8, 4) is 28.7 Å². The average Bonchev–Trinajstić information content (AvgIpc) is 3.44. The zero-order valence-electron chi connectivity index (χ0n) is 26.0. The Labute approximate surface area is 259 Å². The molecule has 0 amide bonds. The minimum Gasteiger partial charge on any atom is -0.494 e. The molecule has 6 heterocycles. The lowest BCUT2D eigenvalue weighted by Crippen LogP contribution is -2.68. The first-order valence-electron chi connectivity index (χ1n) is 15.3. The summed E-state index contributed by atoms with van der Waals surface area (Å²) in [4.78, 5) is 12.0. The molecule has 3 aliphatic heterocycles. The minimum atomic E-state index is -0.976. The number of rotatable bonds is 12. The molecular weight excluding hydrogens is 554 g/mol. The molecule has 0 spiro atoms. The van der Waals surface area contributed by atoms with Gasteiger partial charge in [0.05, 0.1) is 35.7 Å². The number of ether oxygens (including phenoxy) is 2. The second kappa shape index (κ2) is 12.4. The summed E-state index contributed by atoms with van der Waals surface area (Å²) in [6.07, 6.45) is 7.38. The topological polar surface area (TPSA) is 102 Å². The van der Waals surface area contributed by atoms with Crippen molar-refractivity contribution in [2.45, 2.75) is 50.9 Å². The minimum absolute atomic E-state index is 0.132. The maximum atomic E-state index is 10.1. The summed E-state index contributed by atoms with van der Waals surface area (Å²) in [5.74, 6) is 2.45. The van der Waals surface area contributed by atoms with Crippen molar-refractivity contribution >= 4 is 11.3 Å². The van der Waals surface area contributed by atoms with Crippen LogP contribution in [0.4, 0.5) is 5.82 Å². The summed E-state index contributed by atoms with van der Waals surface area (Å²) in [6, 6.07) is 17.8. The molecular formula is C34H41N7O3. The number of piperidine rings is 1. The molecule has 0 aliphatic carbocycles. The van der Waals surface area contributed by atoms with Gasteiger partial charge in [0, 0.05) is 55.6 Å². The zero-order valence-corrected chi connectivity index (χ0v) is 26.0. The zero-order chi connectivity index (χ0) is 30.8. The fourth-order valence-corrected chi connectivity index (χ4v) is 6.08. The second-order valence-corrected chi connectivity index (χ2v) is 12.8. The molecule has 1 N–H and O–H groups in total. The van der Waals surface area contributed by atoms with E-state index in [1.54, 1.807) is 30.8 Å². The van der Waals surface area contributed by atoms with Crippen molar-refractivity contribution in [3.05, 3.63) is 72.2 Å². The highest BCUT2D eigenvalue weighted by molar-refractivity contribution is 5.85. The summed E-state index contributed by atoms with van der Waals surface area (Å²) in [5, 5.41) is 24.2. The van der Waals surface area contributed by atoms with E-state index in [0.29, 0.717) is 28.9 Å². The van der Waals surface area contributed by atoms with Gasteiger partial charge in [-0.15, -0.1) is 0 Å². The molecule has 0 saturated carbocycles. The highest BCUT2D eigenvalue weighted by Gasteiger charge is 2.44. The van der Waals surface area contributed by atoms with Crippen LogP contribution in [0.5, 0.6) is 11.5 Å². The van der Waals surface area contributed by atoms with Crippen LogP contribution in [0.3, 0.4) is 0 Å². The van der Waals surface area contributed by atoms with E-state index in [0.717, 1.165) is 61.9 Å². The van der Waals surface area contributed by atoms with Crippen molar-refractivity contribution in [2.24, 2.45) is 0 Å². The molecule has 3 saturated heterocycles. The molecule has 3 aliphatic rings. The van der Waals surface area contributed by atoms with Crippen LogP contribution < -0.4 is 14.4 Å². The number of nitriles is 1. The highest BCUT2D eigenvalue weighted by Crippen LogP contribution is 2.37. The summed E-state index contributed by atoms with van der Waals surface area (Å²) in [6.45, 7) is 8.13. The number of piperazine rings is 1. The van der Waals surface area contributed by atoms with Crippen LogP contribution in [0, 0.1) is 11.3 Å². The van der Waals surface area contributed by atoms with Crippen molar-refractivity contribution < 1.29 is 14.6 Å². The Morgan fingerprint density at radius 1 is 1.05 bits per heavy atom. The van der Waals surface area contributed by atoms with Crippen molar-refractivity contribution in [1.82, 2.24) is 24.4 Å². The lowest BCUT2D eigenvalue weighted by molar-refractivity contribution is -0.00868. The molecule has 3 aromatic heterocycles. The van der Waals surface area contributed by atoms with E-state index in [4.69, 9.17) is 14.5 Å². The Hall–Kier alpha value is -4.17. The first-order valence-corrected chi connectivity index (χ1v) is 15.3. The third-order valence-electron chi connectivity index (χ3n) is 8.33. The van der Waals surface area contributed by atoms with Gasteiger partial charge in [-0.2, -0.15) is 10.4 Å². The van der Waals surface area contributed by atoms with E-state index < -0.39 is 5.60 Å². The maximum absolute atomic E-state index is 10.1. The molecule has 2 atom stereocenters. The van der Waals surface area contributed by atoms with E-state index >= 15 is 0 Å². The number of hydrogen-bond acceptors (Lipinski definition) is 9. The Balaban J connectivity index is 1.10. The van der Waals surface area contributed by atoms with Crippen molar-refractivity contribution in [3.63, 3.8) is 0 Å². The lowest BCUT2D eigenvalue weighted by Gasteiger charge is -2.56. The molecule has 0 radical (unpaired) electrons. The van der Waals surface area contributed by atoms with Gasteiger partial charge in [0.25, 0.3) is 0 Å². The Morgan fingerprint density at radius 3 is 2.48 bits per heavy atom. The van der Waals surface area contributed by atoms with Crippen LogP contribution >= 0.6 is 0 Å². The molecule has 3 fully saturated rings. The van der Waals surface area contributed by atoms with Gasteiger partial charge in [0.2, 0.25) is 0 Å². The fourth-order valence-electron chi connectivity index (χ4n) is 6.08. The van der Waals surface area contributed by atoms with Gasteiger partial charge in [-0.1, -0.05) is 12.1 Å². The molecule has 230 valence electrons. The number of fused-ring (bicyclic) bond motifs is 3. The highest BCUT2D eigenvalue weighted by atomic mass is 16.5. The average molecular weight is 596 g/mol. The first kappa shape index (κ1) is 29.9. The van der Waals surface area contributed by atoms with E-state index in [1.807, 2.05) is 18.3 Å². The first-order chi connectivity index (χ1) is 21.2. The molecule has 2 unspecified atom stereocenters. The van der Waals surface area contributed by atoms with E-state index in [-0.39, 0.29) is 6.61 Å². The Kier molecular flexibility index (Phi) is 8.45. The van der Waals surface area contributed by atoms with E-state index in [9.17, 15) is 10.4 Å². The predicted molar refractivity (Wildman–Crippen MR) is 170 cm³/mol. The molecule has 4 aromatic rings. The smallest absolute Gasteiger partial charge is 0.138 e. The third kappa shape index (κ3) is 6.65. The van der Waals surface area contributed by atoms with Crippen LogP contribution in [0.25, 0.3) is 16.6 Å². The molecule has 1 aromatic carbocycles. The molecule has 10 heteroatoms. The number of anilines is 1. The predicted octanol–water partition coefficient (Wildman–Crippen LogP) is 4.21. The summed E-state index contributed by atoms with van der Waals surface area (Å²) in [5.41, 5.74) is 3.21. The van der Waals surface area contributed by atoms with Crippen molar-refractivity contribution in [1.29, 1.82) is 5.26 Å². The quantitative estimate of drug-likeness (QED) is 0.241. The lowest BCUT2D eigenvalue weighted by atomic mass is 9.86. The van der Waals surface area contributed by atoms with E-state index in [1.165, 1.54) is 12.0 Å². The van der Waals surface area contributed by atoms with Crippen LogP contribution in [-0.4, -0.2) is 94.1 Å². The molecule has 2 bridgehead atoms. The van der Waals surface area contributed by atoms with Gasteiger partial charge in [-0.05, 0) is 76.7 Å². The number of hydrogen-bond donors (Lipinski definition) is 1. The molecule has 7 rings (SSSR count). The third-order valence-corrected chi connectivity index (χ3v) is 8.33. The summed E-state index contributed by atoms with van der Waals surface area (Å²) < 4.78 is 13.4. The number of aromatic nitrogens is 3. The van der Waals surface area contributed by atoms with Gasteiger partial charge in [0.15, 0.2) is 0 Å². The number of aliphatic hydroxyl groups is 1. The SMILES string of the molecule is CN(C)CCCOc1ccc(CN2C3CC2CN(c2ccc(-c4cc(OCC(C)(C)O)cn5ncc(C#N)c45)cn2)C3)cc1. The fraction of sp³-hybridized carbons (Fsp3) is 0.441. The van der Waals surface area contributed by atoms with Crippen LogP contribution in [0.15, 0.2) is 61.1 Å². The molecule has 44 heavy (non-hydrogen) atoms. The van der Waals surface area contributed by atoms with Crippen molar-refractivity contribution in [2.75, 3.05) is 51.8 Å². The summed E-state index contributed by atoms with van der Waals surface area (Å²) in [7, 11) is 4.16. The standard InChI is InChI=1S/C34H41N7O3/c1-34(2,42)23-44-30-15-31(33-26(16-35)18-37-41(33)22-30)25-8-11-32(36-17-25)39-20-27-14-28(21-39)40(27)19-24-6-9-29(10-7-24)43-13-5-12-38(3)4/h6-11,15,17-18,22,27-28,42H,5,12-14,19-21,23H2,1-4H3. The van der Waals surface area contributed by atoms with E-state index in [2.05, 4.69) is 70.3 Å². The Morgan fingerprint density at radius 2 is 1.82 bits per heavy atom. The normalized spacial score (nSPS) is 18.3. The number of nitrogens with zero attached hydrogens (tertiary/aromatic N) is 7. The van der Waals surface area contributed by atoms with Crippen LogP contribution in [0.2, 0.25) is 0 Å². The largest absolute Gasteiger partial charge is 0.494 e. The Bertz CT molecular complexity index is 1610. The van der Waals surface area contributed by atoms with Gasteiger partial charge in [0.1, 0.15) is 30.0 Å². The number of pyridine rings is 2. The maximum Gasteiger partial charge on any atom is 0.138 e. The second-order valence-electron chi connectivity index (χ2n) is 12.8. The van der Waals surface area contributed by atoms with Gasteiger partial charge in [-0.3, -0.25) is 4.90 Å². The molecule has 10 nitrogen and oxygen atoms in total. The van der Waals surface area contributed by atoms with Crippen LogP contribution in [-0.2, 0) is 6.54 Å². The van der Waals surface area contributed by atoms with Gasteiger partial charge >= 0.3 is 0 Å². The monoisotopic (exact) mass is 595 g/mol. The van der Waals surface area contributed by atoms with Crippen LogP contribution in [0.1, 0.15) is 37.8 Å². The summed E-state index contributed by atoms with van der Waals surface area (Å²) >= 11 is 0.